The number of hydrogen-bond acceptors (Lipinski definition) is 6. The molecule has 1 heterocycles. The van der Waals surface area contributed by atoms with Gasteiger partial charge in [-0.25, -0.2) is 4.98 Å². The molecule has 0 aliphatic heterocycles. The number of nitrogens with one attached hydrogen (secondary N) is 1. The van der Waals surface area contributed by atoms with E-state index in [2.05, 4.69) is 10.3 Å². The molecule has 140 valence electrons. The van der Waals surface area contributed by atoms with Crippen molar-refractivity contribution in [2.45, 2.75) is 6.92 Å². The van der Waals surface area contributed by atoms with Gasteiger partial charge in [0, 0.05) is 10.9 Å². The summed E-state index contributed by atoms with van der Waals surface area (Å²) in [6, 6.07) is 14.9. The van der Waals surface area contributed by atoms with Gasteiger partial charge in [0.2, 0.25) is 0 Å². The molecule has 27 heavy (non-hydrogen) atoms. The lowest BCUT2D eigenvalue weighted by Crippen LogP contribution is -2.20. The monoisotopic (exact) mass is 384 g/mol. The van der Waals surface area contributed by atoms with Gasteiger partial charge in [-0.3, -0.25) is 10.1 Å². The van der Waals surface area contributed by atoms with Crippen LogP contribution in [0.4, 0.5) is 5.13 Å². The van der Waals surface area contributed by atoms with Gasteiger partial charge in [-0.05, 0) is 31.2 Å². The number of anilines is 1. The van der Waals surface area contributed by atoms with Crippen molar-refractivity contribution in [2.75, 3.05) is 25.6 Å². The highest BCUT2D eigenvalue weighted by molar-refractivity contribution is 7.14. The number of methoxy groups -OCH3 is 1. The highest BCUT2D eigenvalue weighted by atomic mass is 32.1. The molecule has 1 aromatic heterocycles. The van der Waals surface area contributed by atoms with Gasteiger partial charge in [0.15, 0.2) is 23.2 Å². The van der Waals surface area contributed by atoms with Crippen LogP contribution in [0, 0.1) is 0 Å². The number of ether oxygens (including phenoxy) is 3. The van der Waals surface area contributed by atoms with Crippen LogP contribution in [0.3, 0.4) is 0 Å². The van der Waals surface area contributed by atoms with Crippen molar-refractivity contribution in [3.05, 3.63) is 53.9 Å². The summed E-state index contributed by atoms with van der Waals surface area (Å²) in [4.78, 5) is 16.6. The lowest BCUT2D eigenvalue weighted by atomic mass is 10.1. The molecule has 0 unspecified atom stereocenters. The molecule has 3 aromatic rings. The fourth-order valence-corrected chi connectivity index (χ4v) is 3.18. The van der Waals surface area contributed by atoms with Crippen molar-refractivity contribution in [1.82, 2.24) is 4.98 Å². The summed E-state index contributed by atoms with van der Waals surface area (Å²) in [7, 11) is 1.62. The van der Waals surface area contributed by atoms with Crippen LogP contribution < -0.4 is 19.5 Å². The summed E-state index contributed by atoms with van der Waals surface area (Å²) in [5.41, 5.74) is 1.62. The van der Waals surface area contributed by atoms with Crippen molar-refractivity contribution < 1.29 is 19.0 Å². The van der Waals surface area contributed by atoms with Gasteiger partial charge < -0.3 is 14.2 Å². The van der Waals surface area contributed by atoms with E-state index < -0.39 is 0 Å². The van der Waals surface area contributed by atoms with Crippen LogP contribution in [0.15, 0.2) is 53.9 Å². The summed E-state index contributed by atoms with van der Waals surface area (Å²) in [6.45, 7) is 2.29. The summed E-state index contributed by atoms with van der Waals surface area (Å²) in [6.07, 6.45) is 0. The standard InChI is InChI=1S/C20H20N2O4S/c1-3-25-17-10-6-7-11-18(17)26-12-19(23)22-20-21-15(13-27-20)14-8-4-5-9-16(14)24-2/h4-11,13H,3,12H2,1-2H3,(H,21,22,23). The number of amides is 1. The van der Waals surface area contributed by atoms with E-state index in [1.54, 1.807) is 19.2 Å². The van der Waals surface area contributed by atoms with Gasteiger partial charge >= 0.3 is 0 Å². The third-order valence-corrected chi connectivity index (χ3v) is 4.40. The van der Waals surface area contributed by atoms with Crippen molar-refractivity contribution in [2.24, 2.45) is 0 Å². The SMILES string of the molecule is CCOc1ccccc1OCC(=O)Nc1nc(-c2ccccc2OC)cs1. The number of para-hydroxylation sites is 3. The predicted molar refractivity (Wildman–Crippen MR) is 106 cm³/mol. The summed E-state index contributed by atoms with van der Waals surface area (Å²) >= 11 is 1.35. The molecule has 0 atom stereocenters. The fraction of sp³-hybridized carbons (Fsp3) is 0.200. The van der Waals surface area contributed by atoms with Crippen molar-refractivity contribution in [3.8, 4) is 28.5 Å². The van der Waals surface area contributed by atoms with Gasteiger partial charge in [-0.2, -0.15) is 0 Å². The number of aromatic nitrogens is 1. The van der Waals surface area contributed by atoms with Crippen LogP contribution in [0.5, 0.6) is 17.2 Å². The average Bonchev–Trinajstić information content (AvgIpc) is 3.15. The number of carbonyl (C=O) groups excluding carboxylic acids is 1. The smallest absolute Gasteiger partial charge is 0.264 e. The molecule has 7 heteroatoms. The fourth-order valence-electron chi connectivity index (χ4n) is 2.45. The zero-order chi connectivity index (χ0) is 19.1. The topological polar surface area (TPSA) is 69.7 Å². The normalized spacial score (nSPS) is 10.3. The van der Waals surface area contributed by atoms with E-state index in [4.69, 9.17) is 14.2 Å². The minimum Gasteiger partial charge on any atom is -0.496 e. The molecule has 0 fully saturated rings. The first kappa shape index (κ1) is 18.7. The molecule has 1 amide bonds. The van der Waals surface area contributed by atoms with Gasteiger partial charge in [-0.1, -0.05) is 24.3 Å². The van der Waals surface area contributed by atoms with Crippen LogP contribution in [-0.2, 0) is 4.79 Å². The molecular weight excluding hydrogens is 364 g/mol. The summed E-state index contributed by atoms with van der Waals surface area (Å²) in [5.74, 6) is 1.59. The first-order chi connectivity index (χ1) is 13.2. The van der Waals surface area contributed by atoms with E-state index in [9.17, 15) is 4.79 Å². The number of carbonyl (C=O) groups is 1. The molecule has 0 bridgehead atoms. The molecule has 1 N–H and O–H groups in total. The molecular formula is C20H20N2O4S. The third kappa shape index (κ3) is 4.77. The minimum absolute atomic E-state index is 0.131. The highest BCUT2D eigenvalue weighted by Gasteiger charge is 2.12. The minimum atomic E-state index is -0.290. The zero-order valence-corrected chi connectivity index (χ0v) is 15.9. The quantitative estimate of drug-likeness (QED) is 0.629. The van der Waals surface area contributed by atoms with Crippen LogP contribution in [0.25, 0.3) is 11.3 Å². The number of thiazole rings is 1. The van der Waals surface area contributed by atoms with E-state index in [0.717, 1.165) is 17.0 Å². The Kier molecular flexibility index (Phi) is 6.27. The number of hydrogen-bond donors (Lipinski definition) is 1. The van der Waals surface area contributed by atoms with E-state index in [1.807, 2.05) is 48.7 Å². The maximum Gasteiger partial charge on any atom is 0.264 e. The molecule has 0 saturated heterocycles. The second-order valence-corrected chi connectivity index (χ2v) is 6.31. The van der Waals surface area contributed by atoms with Crippen LogP contribution in [0.1, 0.15) is 6.92 Å². The predicted octanol–water partition coefficient (Wildman–Crippen LogP) is 4.23. The van der Waals surface area contributed by atoms with Gasteiger partial charge in [0.25, 0.3) is 5.91 Å². The largest absolute Gasteiger partial charge is 0.496 e. The maximum absolute atomic E-state index is 12.2. The zero-order valence-electron chi connectivity index (χ0n) is 15.1. The van der Waals surface area contributed by atoms with Crippen LogP contribution in [0.2, 0.25) is 0 Å². The first-order valence-electron chi connectivity index (χ1n) is 8.44. The second-order valence-electron chi connectivity index (χ2n) is 5.45. The Morgan fingerprint density at radius 1 is 1.04 bits per heavy atom. The molecule has 0 radical (unpaired) electrons. The first-order valence-corrected chi connectivity index (χ1v) is 9.32. The highest BCUT2D eigenvalue weighted by Crippen LogP contribution is 2.32. The van der Waals surface area contributed by atoms with Gasteiger partial charge in [-0.15, -0.1) is 11.3 Å². The molecule has 0 spiro atoms. The third-order valence-electron chi connectivity index (χ3n) is 3.64. The Balaban J connectivity index is 1.62. The van der Waals surface area contributed by atoms with Crippen molar-refractivity contribution >= 4 is 22.4 Å². The van der Waals surface area contributed by atoms with E-state index in [0.29, 0.717) is 23.2 Å². The van der Waals surface area contributed by atoms with Crippen molar-refractivity contribution in [3.63, 3.8) is 0 Å². The lowest BCUT2D eigenvalue weighted by Gasteiger charge is -2.11. The van der Waals surface area contributed by atoms with Gasteiger partial charge in [0.05, 0.1) is 19.4 Å². The van der Waals surface area contributed by atoms with E-state index >= 15 is 0 Å². The Hall–Kier alpha value is -3.06. The Morgan fingerprint density at radius 2 is 1.70 bits per heavy atom. The van der Waals surface area contributed by atoms with Crippen LogP contribution >= 0.6 is 11.3 Å². The Labute approximate surface area is 161 Å². The Bertz CT molecular complexity index is 910. The summed E-state index contributed by atoms with van der Waals surface area (Å²) in [5, 5.41) is 5.13. The maximum atomic E-state index is 12.2. The second kappa shape index (κ2) is 9.05. The number of rotatable bonds is 8. The number of nitrogens with zero attached hydrogens (tertiary/aromatic N) is 1. The molecule has 3 rings (SSSR count). The Morgan fingerprint density at radius 3 is 2.41 bits per heavy atom. The molecule has 6 nitrogen and oxygen atoms in total. The van der Waals surface area contributed by atoms with Gasteiger partial charge in [0.1, 0.15) is 5.75 Å². The van der Waals surface area contributed by atoms with E-state index in [-0.39, 0.29) is 12.5 Å². The summed E-state index contributed by atoms with van der Waals surface area (Å²) < 4.78 is 16.4. The van der Waals surface area contributed by atoms with Crippen LogP contribution in [-0.4, -0.2) is 31.2 Å². The molecule has 0 saturated carbocycles. The van der Waals surface area contributed by atoms with Crippen molar-refractivity contribution in [1.29, 1.82) is 0 Å². The molecule has 2 aromatic carbocycles. The molecule has 0 aliphatic rings. The molecule has 0 aliphatic carbocycles. The number of benzene rings is 2. The lowest BCUT2D eigenvalue weighted by molar-refractivity contribution is -0.118. The average molecular weight is 384 g/mol. The van der Waals surface area contributed by atoms with E-state index in [1.165, 1.54) is 11.3 Å².